The van der Waals surface area contributed by atoms with Gasteiger partial charge in [-0.3, -0.25) is 4.79 Å². The standard InChI is InChI=1S/C19H20N4O2S/c1-13(18(24)20-14-9-5-4-6-10-14)26-19-22-21-17(23(19)2)15-11-7-8-12-16(15)25-3/h4-13H,1-3H3,(H,20,24)/t13-/m0/s1. The molecule has 0 aliphatic heterocycles. The molecule has 6 nitrogen and oxygen atoms in total. The van der Waals surface area contributed by atoms with Crippen LogP contribution in [-0.2, 0) is 11.8 Å². The zero-order valence-corrected chi connectivity index (χ0v) is 15.7. The van der Waals surface area contributed by atoms with Gasteiger partial charge in [0, 0.05) is 12.7 Å². The average molecular weight is 368 g/mol. The number of para-hydroxylation sites is 2. The van der Waals surface area contributed by atoms with Crippen molar-refractivity contribution in [3.05, 3.63) is 54.6 Å². The van der Waals surface area contributed by atoms with E-state index in [1.54, 1.807) is 7.11 Å². The topological polar surface area (TPSA) is 69.0 Å². The number of hydrogen-bond acceptors (Lipinski definition) is 5. The van der Waals surface area contributed by atoms with Crippen molar-refractivity contribution in [3.8, 4) is 17.1 Å². The predicted octanol–water partition coefficient (Wildman–Crippen LogP) is 3.61. The summed E-state index contributed by atoms with van der Waals surface area (Å²) < 4.78 is 7.27. The van der Waals surface area contributed by atoms with Crippen molar-refractivity contribution in [2.24, 2.45) is 7.05 Å². The van der Waals surface area contributed by atoms with Gasteiger partial charge < -0.3 is 14.6 Å². The number of methoxy groups -OCH3 is 1. The largest absolute Gasteiger partial charge is 0.496 e. The minimum atomic E-state index is -0.316. The summed E-state index contributed by atoms with van der Waals surface area (Å²) in [5, 5.41) is 11.8. The number of benzene rings is 2. The highest BCUT2D eigenvalue weighted by Crippen LogP contribution is 2.31. The first kappa shape index (κ1) is 18.0. The van der Waals surface area contributed by atoms with Crippen LogP contribution in [0.1, 0.15) is 6.92 Å². The molecule has 7 heteroatoms. The van der Waals surface area contributed by atoms with Crippen molar-refractivity contribution >= 4 is 23.4 Å². The Balaban J connectivity index is 1.75. The fourth-order valence-electron chi connectivity index (χ4n) is 2.46. The van der Waals surface area contributed by atoms with E-state index in [0.717, 1.165) is 17.0 Å². The lowest BCUT2D eigenvalue weighted by atomic mass is 10.2. The average Bonchev–Trinajstić information content (AvgIpc) is 3.02. The van der Waals surface area contributed by atoms with Gasteiger partial charge in [-0.05, 0) is 31.2 Å². The lowest BCUT2D eigenvalue weighted by Crippen LogP contribution is -2.22. The van der Waals surface area contributed by atoms with Crippen LogP contribution in [0.5, 0.6) is 5.75 Å². The van der Waals surface area contributed by atoms with Crippen molar-refractivity contribution in [1.82, 2.24) is 14.8 Å². The maximum Gasteiger partial charge on any atom is 0.237 e. The van der Waals surface area contributed by atoms with Gasteiger partial charge in [-0.2, -0.15) is 0 Å². The first-order valence-electron chi connectivity index (χ1n) is 8.15. The SMILES string of the molecule is COc1ccccc1-c1nnc(S[C@@H](C)C(=O)Nc2ccccc2)n1C. The van der Waals surface area contributed by atoms with Gasteiger partial charge in [0.2, 0.25) is 5.91 Å². The number of amides is 1. The molecule has 0 aliphatic carbocycles. The minimum Gasteiger partial charge on any atom is -0.496 e. The molecule has 0 radical (unpaired) electrons. The van der Waals surface area contributed by atoms with E-state index < -0.39 is 0 Å². The predicted molar refractivity (Wildman–Crippen MR) is 103 cm³/mol. The second-order valence-corrected chi connectivity index (χ2v) is 6.99. The van der Waals surface area contributed by atoms with Gasteiger partial charge in [-0.1, -0.05) is 42.1 Å². The number of hydrogen-bond donors (Lipinski definition) is 1. The van der Waals surface area contributed by atoms with Crippen LogP contribution in [0.15, 0.2) is 59.8 Å². The molecule has 2 aromatic carbocycles. The second kappa shape index (κ2) is 8.05. The highest BCUT2D eigenvalue weighted by Gasteiger charge is 2.20. The molecule has 0 saturated carbocycles. The number of ether oxygens (including phenoxy) is 1. The third-order valence-electron chi connectivity index (χ3n) is 3.88. The van der Waals surface area contributed by atoms with E-state index in [1.807, 2.05) is 73.1 Å². The first-order valence-corrected chi connectivity index (χ1v) is 9.03. The van der Waals surface area contributed by atoms with Gasteiger partial charge in [-0.25, -0.2) is 0 Å². The lowest BCUT2D eigenvalue weighted by Gasteiger charge is -2.12. The summed E-state index contributed by atoms with van der Waals surface area (Å²) >= 11 is 1.36. The molecule has 1 heterocycles. The molecule has 0 saturated heterocycles. The van der Waals surface area contributed by atoms with Gasteiger partial charge in [0.1, 0.15) is 5.75 Å². The molecule has 0 unspecified atom stereocenters. The number of rotatable bonds is 6. The van der Waals surface area contributed by atoms with Gasteiger partial charge in [0.25, 0.3) is 0 Å². The summed E-state index contributed by atoms with van der Waals surface area (Å²) in [6.45, 7) is 1.85. The molecule has 0 fully saturated rings. The molecule has 1 aromatic heterocycles. The number of aromatic nitrogens is 3. The fourth-order valence-corrected chi connectivity index (χ4v) is 3.27. The minimum absolute atomic E-state index is 0.0805. The number of thioether (sulfide) groups is 1. The van der Waals surface area contributed by atoms with E-state index in [1.165, 1.54) is 11.8 Å². The van der Waals surface area contributed by atoms with Gasteiger partial charge in [-0.15, -0.1) is 10.2 Å². The Morgan fingerprint density at radius 3 is 2.54 bits per heavy atom. The zero-order chi connectivity index (χ0) is 18.5. The summed E-state index contributed by atoms with van der Waals surface area (Å²) in [7, 11) is 3.51. The molecule has 1 amide bonds. The Morgan fingerprint density at radius 2 is 1.81 bits per heavy atom. The zero-order valence-electron chi connectivity index (χ0n) is 14.8. The summed E-state index contributed by atoms with van der Waals surface area (Å²) in [5.41, 5.74) is 1.64. The van der Waals surface area contributed by atoms with Crippen molar-refractivity contribution < 1.29 is 9.53 Å². The molecule has 0 bridgehead atoms. The molecule has 3 rings (SSSR count). The number of nitrogens with one attached hydrogen (secondary N) is 1. The quantitative estimate of drug-likeness (QED) is 0.673. The van der Waals surface area contributed by atoms with Crippen LogP contribution >= 0.6 is 11.8 Å². The Labute approximate surface area is 156 Å². The van der Waals surface area contributed by atoms with Crippen molar-refractivity contribution in [2.75, 3.05) is 12.4 Å². The van der Waals surface area contributed by atoms with Crippen molar-refractivity contribution in [1.29, 1.82) is 0 Å². The number of anilines is 1. The molecule has 26 heavy (non-hydrogen) atoms. The van der Waals surface area contributed by atoms with Crippen LogP contribution in [0, 0.1) is 0 Å². The molecular formula is C19H20N4O2S. The van der Waals surface area contributed by atoms with Crippen LogP contribution < -0.4 is 10.1 Å². The maximum absolute atomic E-state index is 12.4. The van der Waals surface area contributed by atoms with Gasteiger partial charge >= 0.3 is 0 Å². The van der Waals surface area contributed by atoms with Crippen LogP contribution in [-0.4, -0.2) is 33.0 Å². The highest BCUT2D eigenvalue weighted by molar-refractivity contribution is 8.00. The molecular weight excluding hydrogens is 348 g/mol. The Kier molecular flexibility index (Phi) is 5.58. The molecule has 0 spiro atoms. The highest BCUT2D eigenvalue weighted by atomic mass is 32.2. The summed E-state index contributed by atoms with van der Waals surface area (Å²) in [6.07, 6.45) is 0. The normalized spacial score (nSPS) is 11.8. The van der Waals surface area contributed by atoms with E-state index in [-0.39, 0.29) is 11.2 Å². The molecule has 3 aromatic rings. The molecule has 134 valence electrons. The van der Waals surface area contributed by atoms with Crippen molar-refractivity contribution in [3.63, 3.8) is 0 Å². The van der Waals surface area contributed by atoms with Crippen LogP contribution in [0.3, 0.4) is 0 Å². The Hall–Kier alpha value is -2.80. The second-order valence-electron chi connectivity index (χ2n) is 5.68. The maximum atomic E-state index is 12.4. The first-order chi connectivity index (χ1) is 12.6. The summed E-state index contributed by atoms with van der Waals surface area (Å²) in [6, 6.07) is 17.0. The van der Waals surface area contributed by atoms with Gasteiger partial charge in [0.05, 0.1) is 17.9 Å². The summed E-state index contributed by atoms with van der Waals surface area (Å²) in [4.78, 5) is 12.4. The number of carbonyl (C=O) groups excluding carboxylic acids is 1. The molecule has 1 atom stereocenters. The smallest absolute Gasteiger partial charge is 0.237 e. The molecule has 1 N–H and O–H groups in total. The number of nitrogens with zero attached hydrogens (tertiary/aromatic N) is 3. The third kappa shape index (κ3) is 3.88. The summed E-state index contributed by atoms with van der Waals surface area (Å²) in [5.74, 6) is 1.35. The van der Waals surface area contributed by atoms with Crippen LogP contribution in [0.2, 0.25) is 0 Å². The van der Waals surface area contributed by atoms with Gasteiger partial charge in [0.15, 0.2) is 11.0 Å². The Bertz CT molecular complexity index is 896. The molecule has 0 aliphatic rings. The monoisotopic (exact) mass is 368 g/mol. The fraction of sp³-hybridized carbons (Fsp3) is 0.211. The number of carbonyl (C=O) groups is 1. The van der Waals surface area contributed by atoms with Crippen LogP contribution in [0.4, 0.5) is 5.69 Å². The van der Waals surface area contributed by atoms with E-state index in [4.69, 9.17) is 4.74 Å². The van der Waals surface area contributed by atoms with E-state index in [2.05, 4.69) is 15.5 Å². The van der Waals surface area contributed by atoms with E-state index >= 15 is 0 Å². The van der Waals surface area contributed by atoms with Crippen molar-refractivity contribution in [2.45, 2.75) is 17.3 Å². The van der Waals surface area contributed by atoms with E-state index in [0.29, 0.717) is 11.0 Å². The lowest BCUT2D eigenvalue weighted by molar-refractivity contribution is -0.115. The van der Waals surface area contributed by atoms with E-state index in [9.17, 15) is 4.79 Å². The van der Waals surface area contributed by atoms with Crippen LogP contribution in [0.25, 0.3) is 11.4 Å². The third-order valence-corrected chi connectivity index (χ3v) is 5.01. The Morgan fingerprint density at radius 1 is 1.12 bits per heavy atom.